The van der Waals surface area contributed by atoms with Gasteiger partial charge in [-0.25, -0.2) is 0 Å². The molecule has 2 heteroatoms. The molecule has 1 aliphatic heterocycles. The van der Waals surface area contributed by atoms with Gasteiger partial charge in [0.05, 0.1) is 0 Å². The third-order valence-electron chi connectivity index (χ3n) is 4.17. The summed E-state index contributed by atoms with van der Waals surface area (Å²) >= 11 is 0. The highest BCUT2D eigenvalue weighted by atomic mass is 15.1. The minimum absolute atomic E-state index is 0.609. The second-order valence-corrected chi connectivity index (χ2v) is 5.72. The summed E-state index contributed by atoms with van der Waals surface area (Å²) in [7, 11) is 2.27. The number of nitrogens with one attached hydrogen (secondary N) is 1. The molecule has 1 aromatic carbocycles. The molecule has 1 fully saturated rings. The molecule has 1 aliphatic carbocycles. The first-order valence-corrected chi connectivity index (χ1v) is 6.84. The van der Waals surface area contributed by atoms with Gasteiger partial charge in [0.15, 0.2) is 0 Å². The van der Waals surface area contributed by atoms with Crippen molar-refractivity contribution in [1.82, 2.24) is 4.90 Å². The quantitative estimate of drug-likeness (QED) is 0.855. The molecule has 3 rings (SSSR count). The molecular weight excluding hydrogens is 208 g/mol. The third kappa shape index (κ3) is 2.47. The Morgan fingerprint density at radius 1 is 1.24 bits per heavy atom. The summed E-state index contributed by atoms with van der Waals surface area (Å²) in [5.41, 5.74) is 2.82. The van der Waals surface area contributed by atoms with Crippen LogP contribution in [0.1, 0.15) is 24.8 Å². The van der Waals surface area contributed by atoms with Crippen molar-refractivity contribution in [2.24, 2.45) is 5.92 Å². The first-order chi connectivity index (χ1) is 8.31. The van der Waals surface area contributed by atoms with Crippen LogP contribution < -0.4 is 5.32 Å². The van der Waals surface area contributed by atoms with E-state index in [-0.39, 0.29) is 0 Å². The fourth-order valence-electron chi connectivity index (χ4n) is 3.05. The van der Waals surface area contributed by atoms with Crippen molar-refractivity contribution in [3.05, 3.63) is 29.8 Å². The Hall–Kier alpha value is -1.02. The number of rotatable bonds is 4. The van der Waals surface area contributed by atoms with Crippen LogP contribution in [0.5, 0.6) is 0 Å². The van der Waals surface area contributed by atoms with E-state index in [0.29, 0.717) is 6.04 Å². The smallest absolute Gasteiger partial charge is 0.0429 e. The minimum atomic E-state index is 0.609. The van der Waals surface area contributed by atoms with E-state index in [1.807, 2.05) is 0 Å². The lowest BCUT2D eigenvalue weighted by Crippen LogP contribution is -2.37. The van der Waals surface area contributed by atoms with Crippen LogP contribution in [-0.2, 0) is 6.42 Å². The maximum Gasteiger partial charge on any atom is 0.0429 e. The number of hydrogen-bond donors (Lipinski definition) is 1. The molecule has 1 heterocycles. The van der Waals surface area contributed by atoms with Gasteiger partial charge in [0.2, 0.25) is 0 Å². The molecule has 0 saturated heterocycles. The van der Waals surface area contributed by atoms with Gasteiger partial charge >= 0.3 is 0 Å². The van der Waals surface area contributed by atoms with Gasteiger partial charge in [-0.15, -0.1) is 0 Å². The molecule has 1 saturated carbocycles. The van der Waals surface area contributed by atoms with Gasteiger partial charge in [0.1, 0.15) is 0 Å². The van der Waals surface area contributed by atoms with Crippen molar-refractivity contribution in [3.8, 4) is 0 Å². The predicted molar refractivity (Wildman–Crippen MR) is 72.4 cm³/mol. The van der Waals surface area contributed by atoms with Crippen molar-refractivity contribution >= 4 is 5.69 Å². The highest BCUT2D eigenvalue weighted by molar-refractivity contribution is 5.56. The Kier molecular flexibility index (Phi) is 3.06. The average Bonchev–Trinajstić information content (AvgIpc) is 2.65. The minimum Gasteiger partial charge on any atom is -0.380 e. The molecule has 2 nitrogen and oxygen atoms in total. The van der Waals surface area contributed by atoms with Crippen LogP contribution in [0.4, 0.5) is 5.69 Å². The maximum absolute atomic E-state index is 3.63. The van der Waals surface area contributed by atoms with E-state index in [4.69, 9.17) is 0 Å². The number of hydrogen-bond acceptors (Lipinski definition) is 2. The van der Waals surface area contributed by atoms with E-state index < -0.39 is 0 Å². The Morgan fingerprint density at radius 2 is 2.06 bits per heavy atom. The Balaban J connectivity index is 1.51. The standard InChI is InChI=1S/C15H22N2/c1-17(10-12-5-4-6-12)11-14-9-13-7-2-3-8-15(13)16-14/h2-3,7-8,12,14,16H,4-6,9-11H2,1H3. The summed E-state index contributed by atoms with van der Waals surface area (Å²) < 4.78 is 0. The summed E-state index contributed by atoms with van der Waals surface area (Å²) in [5.74, 6) is 0.976. The lowest BCUT2D eigenvalue weighted by atomic mass is 9.85. The van der Waals surface area contributed by atoms with Gasteiger partial charge in [-0.05, 0) is 43.9 Å². The van der Waals surface area contributed by atoms with Crippen LogP contribution in [0, 0.1) is 5.92 Å². The molecule has 1 unspecified atom stereocenters. The average molecular weight is 230 g/mol. The number of para-hydroxylation sites is 1. The molecule has 0 spiro atoms. The number of likely N-dealkylation sites (N-methyl/N-ethyl adjacent to an activating group) is 1. The van der Waals surface area contributed by atoms with Crippen molar-refractivity contribution in [3.63, 3.8) is 0 Å². The highest BCUT2D eigenvalue weighted by Gasteiger charge is 2.23. The number of benzene rings is 1. The van der Waals surface area contributed by atoms with Gasteiger partial charge in [0.25, 0.3) is 0 Å². The van der Waals surface area contributed by atoms with E-state index >= 15 is 0 Å². The Bertz CT molecular complexity index is 359. The van der Waals surface area contributed by atoms with Crippen molar-refractivity contribution in [1.29, 1.82) is 0 Å². The molecule has 0 aromatic heterocycles. The zero-order valence-corrected chi connectivity index (χ0v) is 10.7. The van der Waals surface area contributed by atoms with Crippen molar-refractivity contribution in [2.75, 3.05) is 25.5 Å². The number of anilines is 1. The Labute approximate surface area is 104 Å². The summed E-state index contributed by atoms with van der Waals surface area (Å²) in [4.78, 5) is 2.51. The monoisotopic (exact) mass is 230 g/mol. The first kappa shape index (κ1) is 11.1. The maximum atomic E-state index is 3.63. The fraction of sp³-hybridized carbons (Fsp3) is 0.600. The van der Waals surface area contributed by atoms with E-state index in [2.05, 4.69) is 41.5 Å². The molecule has 1 aromatic rings. The topological polar surface area (TPSA) is 15.3 Å². The zero-order valence-electron chi connectivity index (χ0n) is 10.7. The summed E-state index contributed by atoms with van der Waals surface area (Å²) in [6, 6.07) is 9.31. The third-order valence-corrected chi connectivity index (χ3v) is 4.17. The summed E-state index contributed by atoms with van der Waals surface area (Å²) in [5, 5.41) is 3.63. The van der Waals surface area contributed by atoms with Gasteiger partial charge < -0.3 is 10.2 Å². The molecule has 0 amide bonds. The molecule has 2 aliphatic rings. The normalized spacial score (nSPS) is 23.3. The molecular formula is C15H22N2. The van der Waals surface area contributed by atoms with E-state index in [1.165, 1.54) is 50.0 Å². The van der Waals surface area contributed by atoms with E-state index in [9.17, 15) is 0 Å². The molecule has 1 atom stereocenters. The molecule has 1 N–H and O–H groups in total. The van der Waals surface area contributed by atoms with Gasteiger partial charge in [-0.2, -0.15) is 0 Å². The van der Waals surface area contributed by atoms with Gasteiger partial charge in [-0.3, -0.25) is 0 Å². The van der Waals surface area contributed by atoms with Crippen LogP contribution in [0.2, 0.25) is 0 Å². The molecule has 0 bridgehead atoms. The lowest BCUT2D eigenvalue weighted by molar-refractivity contribution is 0.201. The SMILES string of the molecule is CN(CC1CCC1)CC1Cc2ccccc2N1. The molecule has 17 heavy (non-hydrogen) atoms. The van der Waals surface area contributed by atoms with Gasteiger partial charge in [-0.1, -0.05) is 24.6 Å². The van der Waals surface area contributed by atoms with Crippen LogP contribution in [0.3, 0.4) is 0 Å². The van der Waals surface area contributed by atoms with Crippen molar-refractivity contribution < 1.29 is 0 Å². The summed E-state index contributed by atoms with van der Waals surface area (Å²) in [6.45, 7) is 2.46. The van der Waals surface area contributed by atoms with E-state index in [0.717, 1.165) is 5.92 Å². The predicted octanol–water partition coefficient (Wildman–Crippen LogP) is 2.76. The fourth-order valence-corrected chi connectivity index (χ4v) is 3.05. The number of fused-ring (bicyclic) bond motifs is 1. The highest BCUT2D eigenvalue weighted by Crippen LogP contribution is 2.28. The van der Waals surface area contributed by atoms with Crippen LogP contribution in [-0.4, -0.2) is 31.1 Å². The van der Waals surface area contributed by atoms with E-state index in [1.54, 1.807) is 0 Å². The summed E-state index contributed by atoms with van der Waals surface area (Å²) in [6.07, 6.45) is 5.53. The molecule has 0 radical (unpaired) electrons. The van der Waals surface area contributed by atoms with Crippen molar-refractivity contribution in [2.45, 2.75) is 31.7 Å². The molecule has 92 valence electrons. The Morgan fingerprint density at radius 3 is 2.76 bits per heavy atom. The second-order valence-electron chi connectivity index (χ2n) is 5.72. The van der Waals surface area contributed by atoms with Crippen LogP contribution in [0.25, 0.3) is 0 Å². The second kappa shape index (κ2) is 4.69. The first-order valence-electron chi connectivity index (χ1n) is 6.84. The van der Waals surface area contributed by atoms with Crippen LogP contribution >= 0.6 is 0 Å². The largest absolute Gasteiger partial charge is 0.380 e. The lowest BCUT2D eigenvalue weighted by Gasteiger charge is -2.31. The number of nitrogens with zero attached hydrogens (tertiary/aromatic N) is 1. The van der Waals surface area contributed by atoms with Gasteiger partial charge in [0, 0.05) is 24.8 Å². The zero-order chi connectivity index (χ0) is 11.7. The van der Waals surface area contributed by atoms with Crippen LogP contribution in [0.15, 0.2) is 24.3 Å².